The van der Waals surface area contributed by atoms with Gasteiger partial charge in [0.25, 0.3) is 0 Å². The molecule has 0 saturated heterocycles. The van der Waals surface area contributed by atoms with Gasteiger partial charge in [-0.2, -0.15) is 4.98 Å². The van der Waals surface area contributed by atoms with Crippen LogP contribution in [0.3, 0.4) is 0 Å². The maximum Gasteiger partial charge on any atom is 0.225 e. The van der Waals surface area contributed by atoms with E-state index in [9.17, 15) is 0 Å². The van der Waals surface area contributed by atoms with Gasteiger partial charge in [0.1, 0.15) is 5.82 Å². The van der Waals surface area contributed by atoms with Crippen molar-refractivity contribution in [2.45, 2.75) is 19.4 Å². The third kappa shape index (κ3) is 4.46. The fourth-order valence-corrected chi connectivity index (χ4v) is 4.57. The fourth-order valence-electron chi connectivity index (χ4n) is 4.57. The standard InChI is InChI=1S/C29H26N6/c30-28-24(16-20-6-8-25-22(14-20)10-12-31-25)27(17-19-4-2-1-3-5-19)34-29(35-28)33-18-21-7-9-26-23(15-21)11-13-32-26/h1-15,31-32H,16-18H2,(H3,30,33,34,35). The summed E-state index contributed by atoms with van der Waals surface area (Å²) in [6, 6.07) is 27.3. The van der Waals surface area contributed by atoms with E-state index >= 15 is 0 Å². The highest BCUT2D eigenvalue weighted by atomic mass is 15.1. The van der Waals surface area contributed by atoms with Crippen molar-refractivity contribution in [2.24, 2.45) is 0 Å². The molecule has 0 amide bonds. The Balaban J connectivity index is 1.31. The molecule has 6 rings (SSSR count). The maximum absolute atomic E-state index is 6.54. The van der Waals surface area contributed by atoms with E-state index in [4.69, 9.17) is 10.7 Å². The Bertz CT molecular complexity index is 1610. The zero-order chi connectivity index (χ0) is 23.6. The molecule has 3 heterocycles. The Kier molecular flexibility index (Phi) is 5.39. The number of H-pyrrole nitrogens is 2. The molecule has 6 aromatic rings. The second-order valence-electron chi connectivity index (χ2n) is 8.85. The highest BCUT2D eigenvalue weighted by Crippen LogP contribution is 2.25. The number of benzene rings is 3. The molecular weight excluding hydrogens is 432 g/mol. The van der Waals surface area contributed by atoms with Gasteiger partial charge in [-0.3, -0.25) is 0 Å². The molecule has 0 aliphatic rings. The van der Waals surface area contributed by atoms with Gasteiger partial charge in [-0.1, -0.05) is 42.5 Å². The van der Waals surface area contributed by atoms with Crippen LogP contribution in [0.4, 0.5) is 11.8 Å². The Morgan fingerprint density at radius 3 is 2.11 bits per heavy atom. The molecular formula is C29H26N6. The van der Waals surface area contributed by atoms with Gasteiger partial charge in [0, 0.05) is 48.4 Å². The van der Waals surface area contributed by atoms with E-state index in [-0.39, 0.29) is 0 Å². The van der Waals surface area contributed by atoms with Crippen molar-refractivity contribution in [3.05, 3.63) is 119 Å². The Labute approximate surface area is 203 Å². The molecule has 0 aliphatic carbocycles. The summed E-state index contributed by atoms with van der Waals surface area (Å²) in [4.78, 5) is 16.0. The van der Waals surface area contributed by atoms with Crippen LogP contribution in [-0.2, 0) is 19.4 Å². The number of hydrogen-bond acceptors (Lipinski definition) is 4. The summed E-state index contributed by atoms with van der Waals surface area (Å²) in [6.07, 6.45) is 5.29. The Hall–Kier alpha value is -4.58. The van der Waals surface area contributed by atoms with Crippen LogP contribution in [-0.4, -0.2) is 19.9 Å². The van der Waals surface area contributed by atoms with Crippen molar-refractivity contribution < 1.29 is 0 Å². The molecule has 0 bridgehead atoms. The molecule has 0 aliphatic heterocycles. The number of rotatable bonds is 7. The lowest BCUT2D eigenvalue weighted by molar-refractivity contribution is 0.955. The minimum absolute atomic E-state index is 0.517. The van der Waals surface area contributed by atoms with E-state index in [2.05, 4.69) is 93.1 Å². The van der Waals surface area contributed by atoms with Crippen LogP contribution in [0.5, 0.6) is 0 Å². The van der Waals surface area contributed by atoms with E-state index < -0.39 is 0 Å². The van der Waals surface area contributed by atoms with Crippen molar-refractivity contribution in [3.63, 3.8) is 0 Å². The van der Waals surface area contributed by atoms with Crippen LogP contribution in [0.2, 0.25) is 0 Å². The van der Waals surface area contributed by atoms with Crippen molar-refractivity contribution >= 4 is 33.6 Å². The number of aromatic amines is 2. The second-order valence-corrected chi connectivity index (χ2v) is 8.85. The van der Waals surface area contributed by atoms with Gasteiger partial charge >= 0.3 is 0 Å². The molecule has 3 aromatic heterocycles. The summed E-state index contributed by atoms with van der Waals surface area (Å²) in [5, 5.41) is 5.75. The minimum atomic E-state index is 0.517. The van der Waals surface area contributed by atoms with Gasteiger partial charge in [-0.25, -0.2) is 4.98 Å². The van der Waals surface area contributed by atoms with Crippen molar-refractivity contribution in [1.29, 1.82) is 0 Å². The van der Waals surface area contributed by atoms with Gasteiger partial charge < -0.3 is 21.0 Å². The summed E-state index contributed by atoms with van der Waals surface area (Å²) < 4.78 is 0. The average molecular weight is 459 g/mol. The van der Waals surface area contributed by atoms with E-state index in [0.717, 1.165) is 27.9 Å². The largest absolute Gasteiger partial charge is 0.383 e. The molecule has 0 unspecified atom stereocenters. The number of anilines is 2. The molecule has 5 N–H and O–H groups in total. The summed E-state index contributed by atoms with van der Waals surface area (Å²) in [5.74, 6) is 1.07. The van der Waals surface area contributed by atoms with E-state index in [0.29, 0.717) is 31.2 Å². The summed E-state index contributed by atoms with van der Waals surface area (Å²) in [6.45, 7) is 0.620. The van der Waals surface area contributed by atoms with Crippen molar-refractivity contribution in [1.82, 2.24) is 19.9 Å². The molecule has 6 nitrogen and oxygen atoms in total. The fraction of sp³-hybridized carbons (Fsp3) is 0.103. The molecule has 0 atom stereocenters. The lowest BCUT2D eigenvalue weighted by atomic mass is 9.99. The summed E-state index contributed by atoms with van der Waals surface area (Å²) in [7, 11) is 0. The number of nitrogens with one attached hydrogen (secondary N) is 3. The lowest BCUT2D eigenvalue weighted by Gasteiger charge is -2.15. The zero-order valence-electron chi connectivity index (χ0n) is 19.3. The van der Waals surface area contributed by atoms with E-state index in [1.807, 2.05) is 18.5 Å². The van der Waals surface area contributed by atoms with E-state index in [1.54, 1.807) is 0 Å². The zero-order valence-corrected chi connectivity index (χ0v) is 19.3. The first-order chi connectivity index (χ1) is 17.2. The SMILES string of the molecule is Nc1nc(NCc2ccc3[nH]ccc3c2)nc(Cc2ccccc2)c1Cc1ccc2[nH]ccc2c1. The van der Waals surface area contributed by atoms with Gasteiger partial charge in [0.05, 0.1) is 5.69 Å². The molecule has 0 saturated carbocycles. The molecule has 0 spiro atoms. The third-order valence-corrected chi connectivity index (χ3v) is 6.41. The molecule has 0 fully saturated rings. The third-order valence-electron chi connectivity index (χ3n) is 6.41. The number of nitrogens with zero attached hydrogens (tertiary/aromatic N) is 2. The molecule has 3 aromatic carbocycles. The molecule has 0 radical (unpaired) electrons. The van der Waals surface area contributed by atoms with Gasteiger partial charge in [-0.15, -0.1) is 0 Å². The van der Waals surface area contributed by atoms with Crippen LogP contribution in [0.1, 0.15) is 27.9 Å². The highest BCUT2D eigenvalue weighted by molar-refractivity contribution is 5.80. The predicted octanol–water partition coefficient (Wildman–Crippen LogP) is 5.82. The smallest absolute Gasteiger partial charge is 0.225 e. The van der Waals surface area contributed by atoms with Crippen molar-refractivity contribution in [2.75, 3.05) is 11.1 Å². The van der Waals surface area contributed by atoms with Gasteiger partial charge in [0.15, 0.2) is 0 Å². The highest BCUT2D eigenvalue weighted by Gasteiger charge is 2.15. The first kappa shape index (κ1) is 21.0. The first-order valence-electron chi connectivity index (χ1n) is 11.8. The lowest BCUT2D eigenvalue weighted by Crippen LogP contribution is -2.12. The van der Waals surface area contributed by atoms with Gasteiger partial charge in [0.2, 0.25) is 5.95 Å². The average Bonchev–Trinajstić information content (AvgIpc) is 3.54. The Morgan fingerprint density at radius 2 is 1.37 bits per heavy atom. The van der Waals surface area contributed by atoms with Gasteiger partial charge in [-0.05, 0) is 63.9 Å². The van der Waals surface area contributed by atoms with Crippen LogP contribution < -0.4 is 11.1 Å². The molecule has 172 valence electrons. The summed E-state index contributed by atoms with van der Waals surface area (Å²) >= 11 is 0. The topological polar surface area (TPSA) is 95.4 Å². The van der Waals surface area contributed by atoms with Crippen LogP contribution in [0, 0.1) is 0 Å². The number of nitrogen functional groups attached to an aromatic ring is 1. The van der Waals surface area contributed by atoms with E-state index in [1.165, 1.54) is 21.9 Å². The van der Waals surface area contributed by atoms with Crippen LogP contribution in [0.25, 0.3) is 21.8 Å². The number of fused-ring (bicyclic) bond motifs is 2. The number of hydrogen-bond donors (Lipinski definition) is 4. The minimum Gasteiger partial charge on any atom is -0.383 e. The summed E-state index contributed by atoms with van der Waals surface area (Å²) in [5.41, 5.74) is 14.3. The second kappa shape index (κ2) is 8.99. The number of aromatic nitrogens is 4. The monoisotopic (exact) mass is 458 g/mol. The predicted molar refractivity (Wildman–Crippen MR) is 142 cm³/mol. The molecule has 35 heavy (non-hydrogen) atoms. The number of nitrogens with two attached hydrogens (primary N) is 1. The quantitative estimate of drug-likeness (QED) is 0.243. The van der Waals surface area contributed by atoms with Crippen LogP contribution in [0.15, 0.2) is 91.3 Å². The van der Waals surface area contributed by atoms with Crippen molar-refractivity contribution in [3.8, 4) is 0 Å². The van der Waals surface area contributed by atoms with Crippen LogP contribution >= 0.6 is 0 Å². The molecule has 6 heteroatoms. The maximum atomic E-state index is 6.54. The normalized spacial score (nSPS) is 11.3. The first-order valence-corrected chi connectivity index (χ1v) is 11.8. The Morgan fingerprint density at radius 1 is 0.686 bits per heavy atom.